The minimum absolute atomic E-state index is 0.114. The summed E-state index contributed by atoms with van der Waals surface area (Å²) in [5.74, 6) is 0.332. The lowest BCUT2D eigenvalue weighted by molar-refractivity contribution is -0.118. The maximum absolute atomic E-state index is 13.5. The van der Waals surface area contributed by atoms with Crippen molar-refractivity contribution < 1.29 is 13.9 Å². The van der Waals surface area contributed by atoms with Crippen molar-refractivity contribution >= 4 is 12.0 Å². The van der Waals surface area contributed by atoms with Gasteiger partial charge in [0.15, 0.2) is 0 Å². The Hall–Kier alpha value is -2.66. The van der Waals surface area contributed by atoms with Crippen molar-refractivity contribution in [2.75, 3.05) is 27.2 Å². The molecule has 1 N–H and O–H groups in total. The SMILES string of the molecule is CN(C)[C@@H](CNC(=O)C1=Cc2ccccc2OC1)c1cccc(F)c1. The van der Waals surface area contributed by atoms with Gasteiger partial charge < -0.3 is 15.0 Å². The van der Waals surface area contributed by atoms with Crippen LogP contribution in [-0.4, -0.2) is 38.1 Å². The lowest BCUT2D eigenvalue weighted by Gasteiger charge is -2.26. The summed E-state index contributed by atoms with van der Waals surface area (Å²) in [5.41, 5.74) is 2.30. The average molecular weight is 340 g/mol. The molecule has 0 aromatic heterocycles. The van der Waals surface area contributed by atoms with Crippen molar-refractivity contribution in [1.29, 1.82) is 0 Å². The third-order valence-electron chi connectivity index (χ3n) is 4.24. The maximum atomic E-state index is 13.5. The van der Waals surface area contributed by atoms with Crippen LogP contribution in [0.25, 0.3) is 6.08 Å². The first-order valence-electron chi connectivity index (χ1n) is 8.17. The van der Waals surface area contributed by atoms with E-state index in [-0.39, 0.29) is 24.4 Å². The summed E-state index contributed by atoms with van der Waals surface area (Å²) in [6.07, 6.45) is 1.85. The highest BCUT2D eigenvalue weighted by atomic mass is 19.1. The molecule has 25 heavy (non-hydrogen) atoms. The van der Waals surface area contributed by atoms with Crippen LogP contribution in [0, 0.1) is 5.82 Å². The molecule has 3 rings (SSSR count). The summed E-state index contributed by atoms with van der Waals surface area (Å²) in [5, 5.41) is 2.93. The fourth-order valence-corrected chi connectivity index (χ4v) is 2.86. The summed E-state index contributed by atoms with van der Waals surface area (Å²) < 4.78 is 19.1. The molecular formula is C20H21FN2O2. The number of halogens is 1. The summed E-state index contributed by atoms with van der Waals surface area (Å²) in [6.45, 7) is 0.629. The van der Waals surface area contributed by atoms with Gasteiger partial charge in [0, 0.05) is 12.1 Å². The second kappa shape index (κ2) is 7.49. The minimum atomic E-state index is -0.282. The van der Waals surface area contributed by atoms with Crippen molar-refractivity contribution in [2.45, 2.75) is 6.04 Å². The van der Waals surface area contributed by atoms with Gasteiger partial charge in [-0.3, -0.25) is 4.79 Å². The Morgan fingerprint density at radius 3 is 2.80 bits per heavy atom. The number of rotatable bonds is 5. The zero-order chi connectivity index (χ0) is 17.8. The molecule has 0 aliphatic carbocycles. The number of hydrogen-bond donors (Lipinski definition) is 1. The van der Waals surface area contributed by atoms with E-state index in [2.05, 4.69) is 5.32 Å². The normalized spacial score (nSPS) is 14.3. The molecule has 0 saturated carbocycles. The molecule has 0 unspecified atom stereocenters. The van der Waals surface area contributed by atoms with E-state index in [9.17, 15) is 9.18 Å². The molecule has 2 aromatic carbocycles. The number of carbonyl (C=O) groups is 1. The van der Waals surface area contributed by atoms with Gasteiger partial charge >= 0.3 is 0 Å². The quantitative estimate of drug-likeness (QED) is 0.910. The molecule has 1 aliphatic rings. The molecule has 0 radical (unpaired) electrons. The van der Waals surface area contributed by atoms with Gasteiger partial charge in [-0.2, -0.15) is 0 Å². The van der Waals surface area contributed by atoms with E-state index in [1.165, 1.54) is 12.1 Å². The van der Waals surface area contributed by atoms with Crippen molar-refractivity contribution in [3.8, 4) is 5.75 Å². The molecule has 1 atom stereocenters. The van der Waals surface area contributed by atoms with E-state index in [0.29, 0.717) is 12.1 Å². The van der Waals surface area contributed by atoms with Gasteiger partial charge in [-0.25, -0.2) is 4.39 Å². The number of hydrogen-bond acceptors (Lipinski definition) is 3. The number of carbonyl (C=O) groups excluding carboxylic acids is 1. The van der Waals surface area contributed by atoms with E-state index < -0.39 is 0 Å². The Bertz CT molecular complexity index is 802. The number of amides is 1. The van der Waals surface area contributed by atoms with E-state index in [1.807, 2.05) is 55.4 Å². The lowest BCUT2D eigenvalue weighted by atomic mass is 10.0. The topological polar surface area (TPSA) is 41.6 Å². The zero-order valence-electron chi connectivity index (χ0n) is 14.3. The van der Waals surface area contributed by atoms with Gasteiger partial charge in [-0.1, -0.05) is 30.3 Å². The summed E-state index contributed by atoms with van der Waals surface area (Å²) in [6, 6.07) is 13.9. The predicted octanol–water partition coefficient (Wildman–Crippen LogP) is 3.02. The van der Waals surface area contributed by atoms with Gasteiger partial charge in [0.1, 0.15) is 18.2 Å². The molecule has 4 nitrogen and oxygen atoms in total. The highest BCUT2D eigenvalue weighted by molar-refractivity contribution is 5.99. The molecule has 130 valence electrons. The smallest absolute Gasteiger partial charge is 0.250 e. The van der Waals surface area contributed by atoms with Crippen LogP contribution < -0.4 is 10.1 Å². The molecule has 0 bridgehead atoms. The highest BCUT2D eigenvalue weighted by Gasteiger charge is 2.20. The fourth-order valence-electron chi connectivity index (χ4n) is 2.86. The Morgan fingerprint density at radius 1 is 1.24 bits per heavy atom. The number of ether oxygens (including phenoxy) is 1. The standard InChI is InChI=1S/C20H21FN2O2/c1-23(2)18(14-7-5-8-17(21)11-14)12-22-20(24)16-10-15-6-3-4-9-19(15)25-13-16/h3-11,18H,12-13H2,1-2H3,(H,22,24)/t18-/m0/s1. The number of likely N-dealkylation sites (N-methyl/N-ethyl adjacent to an activating group) is 1. The molecule has 0 spiro atoms. The molecule has 1 aliphatic heterocycles. The Kier molecular flexibility index (Phi) is 5.14. The monoisotopic (exact) mass is 340 g/mol. The highest BCUT2D eigenvalue weighted by Crippen LogP contribution is 2.26. The molecule has 0 fully saturated rings. The van der Waals surface area contributed by atoms with Crippen molar-refractivity contribution in [2.24, 2.45) is 0 Å². The predicted molar refractivity (Wildman–Crippen MR) is 95.8 cm³/mol. The minimum Gasteiger partial charge on any atom is -0.488 e. The van der Waals surface area contributed by atoms with Crippen LogP contribution in [0.1, 0.15) is 17.2 Å². The van der Waals surface area contributed by atoms with Crippen molar-refractivity contribution in [3.63, 3.8) is 0 Å². The largest absolute Gasteiger partial charge is 0.488 e. The summed E-state index contributed by atoms with van der Waals surface area (Å²) >= 11 is 0. The number of nitrogens with one attached hydrogen (secondary N) is 1. The molecule has 2 aromatic rings. The lowest BCUT2D eigenvalue weighted by Crippen LogP contribution is -2.36. The Balaban J connectivity index is 1.69. The van der Waals surface area contributed by atoms with Crippen molar-refractivity contribution in [1.82, 2.24) is 10.2 Å². The first kappa shape index (κ1) is 17.2. The van der Waals surface area contributed by atoms with Gasteiger partial charge in [0.05, 0.1) is 11.6 Å². The van der Waals surface area contributed by atoms with Crippen LogP contribution in [0.15, 0.2) is 54.1 Å². The van der Waals surface area contributed by atoms with E-state index in [4.69, 9.17) is 4.74 Å². The van der Waals surface area contributed by atoms with E-state index >= 15 is 0 Å². The summed E-state index contributed by atoms with van der Waals surface area (Å²) in [7, 11) is 3.81. The summed E-state index contributed by atoms with van der Waals surface area (Å²) in [4.78, 5) is 14.4. The van der Waals surface area contributed by atoms with Crippen LogP contribution in [0.3, 0.4) is 0 Å². The second-order valence-corrected chi connectivity index (χ2v) is 6.24. The van der Waals surface area contributed by atoms with E-state index in [0.717, 1.165) is 16.9 Å². The third-order valence-corrected chi connectivity index (χ3v) is 4.24. The first-order chi connectivity index (χ1) is 12.0. The first-order valence-corrected chi connectivity index (χ1v) is 8.17. The molecule has 1 amide bonds. The number of fused-ring (bicyclic) bond motifs is 1. The maximum Gasteiger partial charge on any atom is 0.250 e. The zero-order valence-corrected chi connectivity index (χ0v) is 14.3. The van der Waals surface area contributed by atoms with Gasteiger partial charge in [-0.05, 0) is 43.9 Å². The fraction of sp³-hybridized carbons (Fsp3) is 0.250. The average Bonchev–Trinajstić information content (AvgIpc) is 2.61. The van der Waals surface area contributed by atoms with Gasteiger partial charge in [0.25, 0.3) is 5.91 Å². The molecule has 1 heterocycles. The van der Waals surface area contributed by atoms with Crippen LogP contribution >= 0.6 is 0 Å². The number of para-hydroxylation sites is 1. The number of benzene rings is 2. The van der Waals surface area contributed by atoms with E-state index in [1.54, 1.807) is 6.07 Å². The number of nitrogens with zero attached hydrogens (tertiary/aromatic N) is 1. The molecule has 5 heteroatoms. The van der Waals surface area contributed by atoms with Gasteiger partial charge in [-0.15, -0.1) is 0 Å². The van der Waals surface area contributed by atoms with Crippen LogP contribution in [0.4, 0.5) is 4.39 Å². The molecule has 0 saturated heterocycles. The molecular weight excluding hydrogens is 319 g/mol. The van der Waals surface area contributed by atoms with Crippen LogP contribution in [-0.2, 0) is 4.79 Å². The Labute approximate surface area is 146 Å². The third kappa shape index (κ3) is 4.06. The van der Waals surface area contributed by atoms with Crippen LogP contribution in [0.5, 0.6) is 5.75 Å². The van der Waals surface area contributed by atoms with Crippen LogP contribution in [0.2, 0.25) is 0 Å². The second-order valence-electron chi connectivity index (χ2n) is 6.24. The Morgan fingerprint density at radius 2 is 2.04 bits per heavy atom. The van der Waals surface area contributed by atoms with Crippen molar-refractivity contribution in [3.05, 3.63) is 71.0 Å². The van der Waals surface area contributed by atoms with Gasteiger partial charge in [0.2, 0.25) is 0 Å².